The number of ether oxygens (including phenoxy) is 3. The maximum absolute atomic E-state index is 12.1. The second kappa shape index (κ2) is 7.32. The third-order valence-electron chi connectivity index (χ3n) is 3.17. The number of carbonyl (C=O) groups is 3. The van der Waals surface area contributed by atoms with Crippen LogP contribution in [0.5, 0.6) is 11.5 Å². The average Bonchev–Trinajstić information content (AvgIpc) is 2.98. The number of imide groups is 1. The summed E-state index contributed by atoms with van der Waals surface area (Å²) in [7, 11) is 2.90. The molecular weight excluding hydrogens is 372 g/mol. The Morgan fingerprint density at radius 3 is 2.35 bits per heavy atom. The quantitative estimate of drug-likeness (QED) is 0.763. The van der Waals surface area contributed by atoms with Crippen LogP contribution < -0.4 is 14.8 Å². The summed E-state index contributed by atoms with van der Waals surface area (Å²) in [6.45, 7) is 0.127. The summed E-state index contributed by atoms with van der Waals surface area (Å²) in [5, 5.41) is 2.49. The second-order valence-corrected chi connectivity index (χ2v) is 5.34. The highest BCUT2D eigenvalue weighted by atomic mass is 79.9. The standard InChI is InChI=1S/C14H15BrN2O6/c1-21-9-5-8(6-10(22-2)12(9)15)13(19)23-7-11(18)17-4-3-16-14(17)20/h5-6H,3-4,7H2,1-2H3,(H,16,20). The summed E-state index contributed by atoms with van der Waals surface area (Å²) in [5.41, 5.74) is 0.167. The first-order chi connectivity index (χ1) is 11.0. The number of benzene rings is 1. The van der Waals surface area contributed by atoms with Crippen molar-refractivity contribution in [2.24, 2.45) is 0 Å². The summed E-state index contributed by atoms with van der Waals surface area (Å²) < 4.78 is 15.8. The largest absolute Gasteiger partial charge is 0.495 e. The van der Waals surface area contributed by atoms with Gasteiger partial charge in [0.25, 0.3) is 5.91 Å². The predicted octanol–water partition coefficient (Wildman–Crippen LogP) is 1.17. The first-order valence-electron chi connectivity index (χ1n) is 6.64. The molecule has 0 aliphatic carbocycles. The smallest absolute Gasteiger partial charge is 0.338 e. The summed E-state index contributed by atoms with van der Waals surface area (Å²) in [4.78, 5) is 36.2. The average molecular weight is 387 g/mol. The summed E-state index contributed by atoms with van der Waals surface area (Å²) >= 11 is 3.29. The van der Waals surface area contributed by atoms with Crippen molar-refractivity contribution in [2.45, 2.75) is 0 Å². The Bertz CT molecular complexity index is 623. The number of hydrogen-bond acceptors (Lipinski definition) is 6. The number of carbonyl (C=O) groups excluding carboxylic acids is 3. The van der Waals surface area contributed by atoms with Gasteiger partial charge in [-0.1, -0.05) is 0 Å². The summed E-state index contributed by atoms with van der Waals surface area (Å²) in [6, 6.07) is 2.43. The molecule has 1 aromatic carbocycles. The molecule has 124 valence electrons. The number of halogens is 1. The Balaban J connectivity index is 2.06. The maximum atomic E-state index is 12.1. The van der Waals surface area contributed by atoms with Crippen LogP contribution in [0.1, 0.15) is 10.4 Å². The molecule has 0 spiro atoms. The molecule has 23 heavy (non-hydrogen) atoms. The maximum Gasteiger partial charge on any atom is 0.338 e. The summed E-state index contributed by atoms with van der Waals surface area (Å²) in [5.74, 6) is -0.519. The Morgan fingerprint density at radius 2 is 1.87 bits per heavy atom. The molecule has 0 unspecified atom stereocenters. The van der Waals surface area contributed by atoms with Gasteiger partial charge < -0.3 is 19.5 Å². The molecule has 1 heterocycles. The Hall–Kier alpha value is -2.29. The number of amides is 3. The molecule has 0 radical (unpaired) electrons. The normalized spacial score (nSPS) is 13.5. The minimum Gasteiger partial charge on any atom is -0.495 e. The van der Waals surface area contributed by atoms with Gasteiger partial charge in [0, 0.05) is 13.1 Å². The number of nitrogens with one attached hydrogen (secondary N) is 1. The molecule has 3 amide bonds. The van der Waals surface area contributed by atoms with Gasteiger partial charge in [-0.05, 0) is 28.1 Å². The third kappa shape index (κ3) is 3.73. The van der Waals surface area contributed by atoms with E-state index in [1.54, 1.807) is 0 Å². The van der Waals surface area contributed by atoms with E-state index >= 15 is 0 Å². The van der Waals surface area contributed by atoms with E-state index in [0.29, 0.717) is 22.5 Å². The van der Waals surface area contributed by atoms with E-state index in [-0.39, 0.29) is 12.1 Å². The molecule has 1 fully saturated rings. The number of rotatable bonds is 5. The van der Waals surface area contributed by atoms with Gasteiger partial charge in [0.15, 0.2) is 6.61 Å². The van der Waals surface area contributed by atoms with Gasteiger partial charge in [-0.15, -0.1) is 0 Å². The fourth-order valence-corrected chi connectivity index (χ4v) is 2.54. The van der Waals surface area contributed by atoms with Crippen LogP contribution in [-0.4, -0.2) is 56.7 Å². The molecule has 1 aliphatic rings. The van der Waals surface area contributed by atoms with Crippen LogP contribution in [0.25, 0.3) is 0 Å². The van der Waals surface area contributed by atoms with Crippen LogP contribution in [-0.2, 0) is 9.53 Å². The number of nitrogens with zero attached hydrogens (tertiary/aromatic N) is 1. The molecule has 0 bridgehead atoms. The van der Waals surface area contributed by atoms with Gasteiger partial charge in [0.05, 0.1) is 19.8 Å². The zero-order valence-electron chi connectivity index (χ0n) is 12.6. The molecule has 1 aliphatic heterocycles. The lowest BCUT2D eigenvalue weighted by Gasteiger charge is -2.13. The fourth-order valence-electron chi connectivity index (χ4n) is 1.99. The molecule has 1 aromatic rings. The zero-order valence-corrected chi connectivity index (χ0v) is 14.1. The van der Waals surface area contributed by atoms with Gasteiger partial charge >= 0.3 is 12.0 Å². The highest BCUT2D eigenvalue weighted by Crippen LogP contribution is 2.35. The molecule has 0 saturated carbocycles. The van der Waals surface area contributed by atoms with E-state index in [1.807, 2.05) is 0 Å². The van der Waals surface area contributed by atoms with E-state index in [9.17, 15) is 14.4 Å². The molecular formula is C14H15BrN2O6. The Morgan fingerprint density at radius 1 is 1.26 bits per heavy atom. The molecule has 8 nitrogen and oxygen atoms in total. The number of urea groups is 1. The lowest BCUT2D eigenvalue weighted by molar-refractivity contribution is -0.130. The topological polar surface area (TPSA) is 94.2 Å². The van der Waals surface area contributed by atoms with E-state index in [1.165, 1.54) is 26.4 Å². The fraction of sp³-hybridized carbons (Fsp3) is 0.357. The van der Waals surface area contributed by atoms with Crippen molar-refractivity contribution in [1.29, 1.82) is 0 Å². The Labute approximate surface area is 140 Å². The third-order valence-corrected chi connectivity index (χ3v) is 3.95. The van der Waals surface area contributed by atoms with Crippen molar-refractivity contribution >= 4 is 33.8 Å². The van der Waals surface area contributed by atoms with E-state index in [4.69, 9.17) is 14.2 Å². The predicted molar refractivity (Wildman–Crippen MR) is 82.6 cm³/mol. The number of esters is 1. The zero-order chi connectivity index (χ0) is 17.0. The second-order valence-electron chi connectivity index (χ2n) is 4.55. The van der Waals surface area contributed by atoms with Crippen molar-refractivity contribution in [3.63, 3.8) is 0 Å². The molecule has 9 heteroatoms. The lowest BCUT2D eigenvalue weighted by atomic mass is 10.2. The SMILES string of the molecule is COc1cc(C(=O)OCC(=O)N2CCNC2=O)cc(OC)c1Br. The van der Waals surface area contributed by atoms with Gasteiger partial charge in [-0.2, -0.15) is 0 Å². The first kappa shape index (κ1) is 17.1. The number of methoxy groups -OCH3 is 2. The van der Waals surface area contributed by atoms with E-state index in [2.05, 4.69) is 21.2 Å². The van der Waals surface area contributed by atoms with Crippen LogP contribution in [0.15, 0.2) is 16.6 Å². The van der Waals surface area contributed by atoms with Gasteiger partial charge in [0.1, 0.15) is 16.0 Å². The molecule has 0 atom stereocenters. The van der Waals surface area contributed by atoms with Gasteiger partial charge in [0.2, 0.25) is 0 Å². The van der Waals surface area contributed by atoms with Crippen molar-refractivity contribution in [3.8, 4) is 11.5 Å². The highest BCUT2D eigenvalue weighted by molar-refractivity contribution is 9.10. The monoisotopic (exact) mass is 386 g/mol. The first-order valence-corrected chi connectivity index (χ1v) is 7.44. The van der Waals surface area contributed by atoms with E-state index in [0.717, 1.165) is 4.90 Å². The van der Waals surface area contributed by atoms with Crippen molar-refractivity contribution in [2.75, 3.05) is 33.9 Å². The summed E-state index contributed by atoms with van der Waals surface area (Å²) in [6.07, 6.45) is 0. The highest BCUT2D eigenvalue weighted by Gasteiger charge is 2.27. The lowest BCUT2D eigenvalue weighted by Crippen LogP contribution is -2.37. The van der Waals surface area contributed by atoms with Crippen LogP contribution in [0, 0.1) is 0 Å². The molecule has 0 aromatic heterocycles. The minimum absolute atomic E-state index is 0.167. The van der Waals surface area contributed by atoms with Crippen molar-refractivity contribution in [1.82, 2.24) is 10.2 Å². The Kier molecular flexibility index (Phi) is 5.43. The molecule has 1 saturated heterocycles. The van der Waals surface area contributed by atoms with Gasteiger partial charge in [-0.25, -0.2) is 9.59 Å². The van der Waals surface area contributed by atoms with Gasteiger partial charge in [-0.3, -0.25) is 9.69 Å². The van der Waals surface area contributed by atoms with Crippen molar-refractivity contribution in [3.05, 3.63) is 22.2 Å². The minimum atomic E-state index is -0.720. The van der Waals surface area contributed by atoms with Crippen LogP contribution in [0.3, 0.4) is 0 Å². The van der Waals surface area contributed by atoms with Crippen LogP contribution in [0.2, 0.25) is 0 Å². The van der Waals surface area contributed by atoms with E-state index < -0.39 is 24.5 Å². The number of hydrogen-bond donors (Lipinski definition) is 1. The van der Waals surface area contributed by atoms with Crippen LogP contribution >= 0.6 is 15.9 Å². The molecule has 1 N–H and O–H groups in total. The van der Waals surface area contributed by atoms with Crippen molar-refractivity contribution < 1.29 is 28.6 Å². The van der Waals surface area contributed by atoms with Crippen LogP contribution in [0.4, 0.5) is 4.79 Å². The molecule has 2 rings (SSSR count).